The summed E-state index contributed by atoms with van der Waals surface area (Å²) in [4.78, 5) is 16.6. The van der Waals surface area contributed by atoms with Crippen LogP contribution in [0.1, 0.15) is 5.56 Å². The van der Waals surface area contributed by atoms with Crippen molar-refractivity contribution < 1.29 is 9.53 Å². The number of anilines is 1. The van der Waals surface area contributed by atoms with Crippen LogP contribution in [0.15, 0.2) is 42.5 Å². The molecule has 3 rings (SSSR count). The molecule has 25 heavy (non-hydrogen) atoms. The number of hydrogen-bond acceptors (Lipinski definition) is 3. The Kier molecular flexibility index (Phi) is 5.71. The maximum absolute atomic E-state index is 12.5. The van der Waals surface area contributed by atoms with Gasteiger partial charge in [-0.1, -0.05) is 35.3 Å². The molecular formula is C19H20Cl2N2O2. The van der Waals surface area contributed by atoms with E-state index in [1.54, 1.807) is 19.2 Å². The number of hydrogen-bond donors (Lipinski definition) is 0. The zero-order valence-corrected chi connectivity index (χ0v) is 15.6. The molecule has 0 atom stereocenters. The second kappa shape index (κ2) is 7.98. The molecule has 1 aliphatic rings. The van der Waals surface area contributed by atoms with Gasteiger partial charge in [0.1, 0.15) is 5.75 Å². The van der Waals surface area contributed by atoms with E-state index in [9.17, 15) is 4.79 Å². The van der Waals surface area contributed by atoms with Crippen LogP contribution in [0, 0.1) is 0 Å². The van der Waals surface area contributed by atoms with E-state index in [0.29, 0.717) is 29.6 Å². The molecule has 0 radical (unpaired) electrons. The first-order chi connectivity index (χ1) is 12.1. The van der Waals surface area contributed by atoms with Crippen molar-refractivity contribution in [1.82, 2.24) is 4.90 Å². The van der Waals surface area contributed by atoms with Crippen LogP contribution < -0.4 is 9.64 Å². The molecule has 0 N–H and O–H groups in total. The second-order valence-corrected chi connectivity index (χ2v) is 6.83. The lowest BCUT2D eigenvalue weighted by Crippen LogP contribution is -2.49. The van der Waals surface area contributed by atoms with E-state index in [-0.39, 0.29) is 5.91 Å². The van der Waals surface area contributed by atoms with Gasteiger partial charge in [0.25, 0.3) is 0 Å². The lowest BCUT2D eigenvalue weighted by Gasteiger charge is -2.36. The molecule has 2 aromatic carbocycles. The predicted octanol–water partition coefficient (Wildman–Crippen LogP) is 3.89. The number of methoxy groups -OCH3 is 1. The lowest BCUT2D eigenvalue weighted by molar-refractivity contribution is -0.130. The van der Waals surface area contributed by atoms with Crippen molar-refractivity contribution in [1.29, 1.82) is 0 Å². The minimum Gasteiger partial charge on any atom is -0.497 e. The molecule has 4 nitrogen and oxygen atoms in total. The highest BCUT2D eigenvalue weighted by molar-refractivity contribution is 6.35. The molecule has 1 saturated heterocycles. The van der Waals surface area contributed by atoms with Crippen LogP contribution in [0.3, 0.4) is 0 Å². The number of rotatable bonds is 4. The van der Waals surface area contributed by atoms with Gasteiger partial charge in [-0.2, -0.15) is 0 Å². The smallest absolute Gasteiger partial charge is 0.227 e. The molecule has 1 aliphatic heterocycles. The highest BCUT2D eigenvalue weighted by Gasteiger charge is 2.22. The summed E-state index contributed by atoms with van der Waals surface area (Å²) in [6, 6.07) is 13.1. The Balaban J connectivity index is 1.57. The zero-order valence-electron chi connectivity index (χ0n) is 14.0. The van der Waals surface area contributed by atoms with Gasteiger partial charge in [-0.15, -0.1) is 0 Å². The predicted molar refractivity (Wildman–Crippen MR) is 102 cm³/mol. The van der Waals surface area contributed by atoms with Crippen LogP contribution in [-0.4, -0.2) is 44.1 Å². The quantitative estimate of drug-likeness (QED) is 0.808. The van der Waals surface area contributed by atoms with Gasteiger partial charge in [0.05, 0.1) is 24.2 Å². The molecule has 1 amide bonds. The summed E-state index contributed by atoms with van der Waals surface area (Å²) in [7, 11) is 1.63. The molecule has 2 aromatic rings. The largest absolute Gasteiger partial charge is 0.497 e. The fourth-order valence-electron chi connectivity index (χ4n) is 2.95. The van der Waals surface area contributed by atoms with Crippen LogP contribution >= 0.6 is 23.2 Å². The lowest BCUT2D eigenvalue weighted by atomic mass is 10.1. The van der Waals surface area contributed by atoms with E-state index in [2.05, 4.69) is 4.90 Å². The number of carbonyl (C=O) groups is 1. The molecular weight excluding hydrogens is 359 g/mol. The number of ether oxygens (including phenoxy) is 1. The van der Waals surface area contributed by atoms with Crippen molar-refractivity contribution in [3.05, 3.63) is 58.1 Å². The van der Waals surface area contributed by atoms with E-state index in [1.807, 2.05) is 35.2 Å². The first-order valence-electron chi connectivity index (χ1n) is 8.17. The first-order valence-corrected chi connectivity index (χ1v) is 8.93. The Bertz CT molecular complexity index is 742. The summed E-state index contributed by atoms with van der Waals surface area (Å²) >= 11 is 12.3. The fourth-order valence-corrected chi connectivity index (χ4v) is 3.36. The van der Waals surface area contributed by atoms with Gasteiger partial charge in [0.15, 0.2) is 0 Å². The molecule has 0 saturated carbocycles. The minimum absolute atomic E-state index is 0.141. The maximum atomic E-state index is 12.5. The molecule has 1 heterocycles. The fraction of sp³-hybridized carbons (Fsp3) is 0.316. The van der Waals surface area contributed by atoms with Gasteiger partial charge in [0, 0.05) is 31.2 Å². The zero-order chi connectivity index (χ0) is 17.8. The Morgan fingerprint density at radius 3 is 2.36 bits per heavy atom. The molecule has 132 valence electrons. The summed E-state index contributed by atoms with van der Waals surface area (Å²) in [5, 5.41) is 1.35. The third-order valence-electron chi connectivity index (χ3n) is 4.40. The Hall–Kier alpha value is -1.91. The standard InChI is InChI=1S/C19H20Cl2N2O2/c1-25-16-5-2-14(3-6-16)12-19(24)23-10-8-22(9-11-23)18-13-15(20)4-7-17(18)21/h2-7,13H,8-12H2,1H3. The van der Waals surface area contributed by atoms with E-state index in [1.165, 1.54) is 0 Å². The van der Waals surface area contributed by atoms with E-state index < -0.39 is 0 Å². The minimum atomic E-state index is 0.141. The number of carbonyl (C=O) groups excluding carboxylic acids is 1. The highest BCUT2D eigenvalue weighted by Crippen LogP contribution is 2.29. The van der Waals surface area contributed by atoms with E-state index in [4.69, 9.17) is 27.9 Å². The summed E-state index contributed by atoms with van der Waals surface area (Å²) in [6.45, 7) is 2.85. The monoisotopic (exact) mass is 378 g/mol. The van der Waals surface area contributed by atoms with E-state index >= 15 is 0 Å². The third-order valence-corrected chi connectivity index (χ3v) is 4.95. The van der Waals surface area contributed by atoms with E-state index in [0.717, 1.165) is 30.1 Å². The average molecular weight is 379 g/mol. The van der Waals surface area contributed by atoms with Crippen molar-refractivity contribution >= 4 is 34.8 Å². The van der Waals surface area contributed by atoms with Crippen LogP contribution in [0.4, 0.5) is 5.69 Å². The number of benzene rings is 2. The van der Waals surface area contributed by atoms with Gasteiger partial charge >= 0.3 is 0 Å². The normalized spacial score (nSPS) is 14.5. The second-order valence-electron chi connectivity index (χ2n) is 5.99. The maximum Gasteiger partial charge on any atom is 0.227 e. The van der Waals surface area contributed by atoms with Crippen molar-refractivity contribution in [3.8, 4) is 5.75 Å². The summed E-state index contributed by atoms with van der Waals surface area (Å²) in [6.07, 6.45) is 0.405. The van der Waals surface area contributed by atoms with Crippen LogP contribution in [0.25, 0.3) is 0 Å². The third kappa shape index (κ3) is 4.39. The number of amides is 1. The molecule has 0 unspecified atom stereocenters. The SMILES string of the molecule is COc1ccc(CC(=O)N2CCN(c3cc(Cl)ccc3Cl)CC2)cc1. The molecule has 6 heteroatoms. The topological polar surface area (TPSA) is 32.8 Å². The molecule has 0 aliphatic carbocycles. The summed E-state index contributed by atoms with van der Waals surface area (Å²) in [5.41, 5.74) is 1.92. The van der Waals surface area contributed by atoms with Gasteiger partial charge in [0.2, 0.25) is 5.91 Å². The average Bonchev–Trinajstić information content (AvgIpc) is 2.64. The Labute approximate surface area is 157 Å². The Morgan fingerprint density at radius 2 is 1.72 bits per heavy atom. The van der Waals surface area contributed by atoms with Crippen LogP contribution in [0.2, 0.25) is 10.0 Å². The Morgan fingerprint density at radius 1 is 1.04 bits per heavy atom. The van der Waals surface area contributed by atoms with Crippen LogP contribution in [0.5, 0.6) is 5.75 Å². The molecule has 0 aromatic heterocycles. The molecule has 0 spiro atoms. The van der Waals surface area contributed by atoms with Gasteiger partial charge in [-0.05, 0) is 35.9 Å². The van der Waals surface area contributed by atoms with Crippen molar-refractivity contribution in [3.63, 3.8) is 0 Å². The molecule has 1 fully saturated rings. The van der Waals surface area contributed by atoms with Crippen molar-refractivity contribution in [2.45, 2.75) is 6.42 Å². The van der Waals surface area contributed by atoms with Gasteiger partial charge in [-0.25, -0.2) is 0 Å². The highest BCUT2D eigenvalue weighted by atomic mass is 35.5. The number of halogens is 2. The van der Waals surface area contributed by atoms with Crippen molar-refractivity contribution in [2.75, 3.05) is 38.2 Å². The molecule has 0 bridgehead atoms. The first kappa shape index (κ1) is 17.9. The summed E-state index contributed by atoms with van der Waals surface area (Å²) < 4.78 is 5.14. The summed E-state index contributed by atoms with van der Waals surface area (Å²) in [5.74, 6) is 0.935. The van der Waals surface area contributed by atoms with Gasteiger partial charge < -0.3 is 14.5 Å². The van der Waals surface area contributed by atoms with Gasteiger partial charge in [-0.3, -0.25) is 4.79 Å². The van der Waals surface area contributed by atoms with Crippen molar-refractivity contribution in [2.24, 2.45) is 0 Å². The number of piperazine rings is 1. The number of nitrogens with zero attached hydrogens (tertiary/aromatic N) is 2. The van der Waals surface area contributed by atoms with Crippen LogP contribution in [-0.2, 0) is 11.2 Å².